The van der Waals surface area contributed by atoms with Gasteiger partial charge in [0.2, 0.25) is 0 Å². The first-order valence-corrected chi connectivity index (χ1v) is 9.57. The molecular formula is C19H18B4FN5O. The minimum absolute atomic E-state index is 0.265. The van der Waals surface area contributed by atoms with Gasteiger partial charge < -0.3 is 9.88 Å². The smallest absolute Gasteiger partial charge is 0.255 e. The molecule has 144 valence electrons. The number of anilines is 1. The van der Waals surface area contributed by atoms with Gasteiger partial charge in [0.25, 0.3) is 5.91 Å². The maximum Gasteiger partial charge on any atom is 0.255 e. The van der Waals surface area contributed by atoms with Gasteiger partial charge in [0.15, 0.2) is 0 Å². The van der Waals surface area contributed by atoms with E-state index in [2.05, 4.69) is 20.3 Å². The van der Waals surface area contributed by atoms with Gasteiger partial charge in [0, 0.05) is 29.8 Å². The predicted molar refractivity (Wildman–Crippen MR) is 129 cm³/mol. The zero-order chi connectivity index (χ0) is 21.6. The molecule has 0 aliphatic carbocycles. The lowest BCUT2D eigenvalue weighted by molar-refractivity contribution is 0.102. The van der Waals surface area contributed by atoms with Crippen LogP contribution in [0.1, 0.15) is 10.4 Å². The van der Waals surface area contributed by atoms with E-state index in [1.807, 2.05) is 17.7 Å². The van der Waals surface area contributed by atoms with Crippen molar-refractivity contribution in [3.05, 3.63) is 48.4 Å². The third-order valence-electron chi connectivity index (χ3n) is 5.68. The van der Waals surface area contributed by atoms with E-state index in [9.17, 15) is 9.18 Å². The first-order valence-electron chi connectivity index (χ1n) is 9.57. The summed E-state index contributed by atoms with van der Waals surface area (Å²) in [4.78, 5) is 25.9. The van der Waals surface area contributed by atoms with Crippen LogP contribution in [0.2, 0.25) is 0 Å². The summed E-state index contributed by atoms with van der Waals surface area (Å²) in [5, 5.41) is 3.70. The van der Waals surface area contributed by atoms with Crippen molar-refractivity contribution in [2.75, 3.05) is 5.32 Å². The minimum atomic E-state index is -0.307. The number of aromatic nitrogens is 4. The van der Waals surface area contributed by atoms with Gasteiger partial charge in [-0.1, -0.05) is 21.9 Å². The minimum Gasteiger partial charge on any atom is -0.334 e. The Morgan fingerprint density at radius 2 is 1.70 bits per heavy atom. The normalized spacial score (nSPS) is 11.0. The van der Waals surface area contributed by atoms with Crippen LogP contribution in [0.3, 0.4) is 0 Å². The van der Waals surface area contributed by atoms with Gasteiger partial charge in [-0.2, -0.15) is 0 Å². The highest BCUT2D eigenvalue weighted by Crippen LogP contribution is 2.23. The molecule has 0 saturated heterocycles. The highest BCUT2D eigenvalue weighted by Gasteiger charge is 2.19. The lowest BCUT2D eigenvalue weighted by Crippen LogP contribution is -2.49. The van der Waals surface area contributed by atoms with Crippen molar-refractivity contribution in [3.8, 4) is 11.3 Å². The Kier molecular flexibility index (Phi) is 4.97. The maximum absolute atomic E-state index is 14.3. The number of nitrogens with zero attached hydrogens (tertiary/aromatic N) is 4. The summed E-state index contributed by atoms with van der Waals surface area (Å²) in [6, 6.07) is 3.77. The molecular weight excluding hydrogens is 376 g/mol. The zero-order valence-electron chi connectivity index (χ0n) is 17.5. The van der Waals surface area contributed by atoms with Crippen LogP contribution in [0.5, 0.6) is 0 Å². The predicted octanol–water partition coefficient (Wildman–Crippen LogP) is -3.54. The Morgan fingerprint density at radius 1 is 1.00 bits per heavy atom. The number of fused-ring (bicyclic) bond motifs is 1. The molecule has 0 atom stereocenters. The number of pyridine rings is 2. The maximum atomic E-state index is 14.3. The van der Waals surface area contributed by atoms with Crippen LogP contribution in [0, 0.1) is 5.82 Å². The fourth-order valence-corrected chi connectivity index (χ4v) is 3.66. The van der Waals surface area contributed by atoms with Crippen LogP contribution in [-0.2, 0) is 7.05 Å². The molecule has 3 aromatic heterocycles. The summed E-state index contributed by atoms with van der Waals surface area (Å²) in [6.45, 7) is 0. The standard InChI is InChI=1S/C19H18B4FN5O/c1-29-7-25-6-11(29)9-2-8-3-12(27-5-10(8)26-4-9)28-19(30)13-14(20)16(22)18(24)17(23)15(13)21/h2-7H,20-23H2,1H3,(H,27,28,30). The lowest BCUT2D eigenvalue weighted by Gasteiger charge is -2.17. The second-order valence-electron chi connectivity index (χ2n) is 7.52. The number of carbonyl (C=O) groups is 1. The van der Waals surface area contributed by atoms with Crippen LogP contribution in [0.4, 0.5) is 10.2 Å². The summed E-state index contributed by atoms with van der Waals surface area (Å²) >= 11 is 0. The highest BCUT2D eigenvalue weighted by molar-refractivity contribution is 6.59. The number of imidazole rings is 1. The molecule has 11 heteroatoms. The first-order chi connectivity index (χ1) is 14.3. The molecule has 0 aliphatic heterocycles. The van der Waals surface area contributed by atoms with Crippen molar-refractivity contribution in [2.45, 2.75) is 0 Å². The van der Waals surface area contributed by atoms with Gasteiger partial charge in [-0.05, 0) is 12.1 Å². The molecule has 0 unspecified atom stereocenters. The topological polar surface area (TPSA) is 72.7 Å². The number of aryl methyl sites for hydroxylation is 1. The van der Waals surface area contributed by atoms with Gasteiger partial charge in [-0.3, -0.25) is 9.78 Å². The van der Waals surface area contributed by atoms with E-state index in [1.54, 1.807) is 62.4 Å². The summed E-state index contributed by atoms with van der Waals surface area (Å²) in [5.74, 6) is -0.159. The number of hydrogen-bond acceptors (Lipinski definition) is 4. The third kappa shape index (κ3) is 3.30. The van der Waals surface area contributed by atoms with Crippen LogP contribution < -0.4 is 27.2 Å². The molecule has 4 aromatic rings. The van der Waals surface area contributed by atoms with E-state index in [-0.39, 0.29) is 11.7 Å². The van der Waals surface area contributed by atoms with Gasteiger partial charge in [0.05, 0.1) is 29.9 Å². The molecule has 0 radical (unpaired) electrons. The Bertz CT molecular complexity index is 1300. The third-order valence-corrected chi connectivity index (χ3v) is 5.68. The molecule has 1 amide bonds. The van der Waals surface area contributed by atoms with Crippen molar-refractivity contribution in [1.82, 2.24) is 19.5 Å². The van der Waals surface area contributed by atoms with Crippen LogP contribution in [0.15, 0.2) is 37.1 Å². The van der Waals surface area contributed by atoms with Crippen molar-refractivity contribution in [1.29, 1.82) is 0 Å². The number of nitrogens with one attached hydrogen (secondary N) is 1. The average molecular weight is 395 g/mol. The molecule has 1 aromatic carbocycles. The van der Waals surface area contributed by atoms with Gasteiger partial charge in [-0.15, -0.1) is 0 Å². The molecule has 0 spiro atoms. The first kappa shape index (κ1) is 19.9. The number of hydrogen-bond donors (Lipinski definition) is 1. The molecule has 0 fully saturated rings. The Labute approximate surface area is 177 Å². The summed E-state index contributed by atoms with van der Waals surface area (Å²) in [5.41, 5.74) is 5.30. The largest absolute Gasteiger partial charge is 0.334 e. The highest BCUT2D eigenvalue weighted by atomic mass is 19.1. The second-order valence-corrected chi connectivity index (χ2v) is 7.52. The average Bonchev–Trinajstić information content (AvgIpc) is 3.16. The number of amides is 1. The molecule has 30 heavy (non-hydrogen) atoms. The van der Waals surface area contributed by atoms with Crippen molar-refractivity contribution >= 4 is 75.9 Å². The molecule has 4 rings (SSSR count). The van der Waals surface area contributed by atoms with Crippen molar-refractivity contribution < 1.29 is 9.18 Å². The summed E-state index contributed by atoms with van der Waals surface area (Å²) < 4.78 is 16.2. The van der Waals surface area contributed by atoms with Crippen LogP contribution in [0.25, 0.3) is 22.2 Å². The fraction of sp³-hybridized carbons (Fsp3) is 0.0526. The van der Waals surface area contributed by atoms with E-state index in [4.69, 9.17) is 0 Å². The van der Waals surface area contributed by atoms with Crippen LogP contribution in [-0.4, -0.2) is 56.8 Å². The van der Waals surface area contributed by atoms with Crippen molar-refractivity contribution in [2.24, 2.45) is 7.05 Å². The van der Waals surface area contributed by atoms with Crippen molar-refractivity contribution in [3.63, 3.8) is 0 Å². The Hall–Kier alpha value is -3.35. The summed E-state index contributed by atoms with van der Waals surface area (Å²) in [7, 11) is 8.82. The molecule has 0 bridgehead atoms. The number of halogens is 1. The van der Waals surface area contributed by atoms with E-state index in [0.717, 1.165) is 22.2 Å². The lowest BCUT2D eigenvalue weighted by atomic mass is 9.66. The van der Waals surface area contributed by atoms with E-state index >= 15 is 0 Å². The molecule has 0 saturated carbocycles. The van der Waals surface area contributed by atoms with E-state index < -0.39 is 0 Å². The number of rotatable bonds is 3. The number of benzene rings is 1. The molecule has 1 N–H and O–H groups in total. The Morgan fingerprint density at radius 3 is 2.33 bits per heavy atom. The van der Waals surface area contributed by atoms with Gasteiger partial charge in [0.1, 0.15) is 43.0 Å². The molecule has 6 nitrogen and oxygen atoms in total. The van der Waals surface area contributed by atoms with Gasteiger partial charge in [-0.25, -0.2) is 14.4 Å². The molecule has 0 aliphatic rings. The van der Waals surface area contributed by atoms with E-state index in [1.165, 1.54) is 0 Å². The number of carbonyl (C=O) groups excluding carboxylic acids is 1. The van der Waals surface area contributed by atoms with Gasteiger partial charge >= 0.3 is 0 Å². The molecule has 3 heterocycles. The summed E-state index contributed by atoms with van der Waals surface area (Å²) in [6.07, 6.45) is 6.90. The Balaban J connectivity index is 1.71. The fourth-order valence-electron chi connectivity index (χ4n) is 3.66. The SMILES string of the molecule is Bc1c(B)c(C(=O)Nc2cc3cc(-c4cncn4C)cnc3cn2)c(B)c(B)c1F. The quantitative estimate of drug-likeness (QED) is 0.365. The second kappa shape index (κ2) is 7.48. The zero-order valence-corrected chi connectivity index (χ0v) is 17.5. The van der Waals surface area contributed by atoms with Crippen LogP contribution >= 0.6 is 0 Å². The monoisotopic (exact) mass is 395 g/mol. The van der Waals surface area contributed by atoms with E-state index in [0.29, 0.717) is 33.2 Å².